The summed E-state index contributed by atoms with van der Waals surface area (Å²) in [7, 11) is 0. The molecule has 0 radical (unpaired) electrons. The van der Waals surface area contributed by atoms with Crippen LogP contribution < -0.4 is 4.90 Å². The average Bonchev–Trinajstić information content (AvgIpc) is 3.44. The number of nitrogens with zero attached hydrogens (tertiary/aromatic N) is 10. The van der Waals surface area contributed by atoms with Crippen molar-refractivity contribution in [1.82, 2.24) is 30.0 Å². The highest BCUT2D eigenvalue weighted by Crippen LogP contribution is 2.21. The van der Waals surface area contributed by atoms with Crippen LogP contribution in [-0.4, -0.2) is 42.4 Å². The molecule has 1 amide bonds. The SMILES string of the molecule is [N-]=[N+]=NCC(=O)N(c1cn(Cc2ccccc2)nn1)c1cn(Cc2ccccc2)nn1. The lowest BCUT2D eigenvalue weighted by atomic mass is 10.2. The number of carbonyl (C=O) groups excluding carboxylic acids is 1. The lowest BCUT2D eigenvalue weighted by molar-refractivity contribution is -0.116. The van der Waals surface area contributed by atoms with Crippen molar-refractivity contribution in [3.8, 4) is 0 Å². The fourth-order valence-corrected chi connectivity index (χ4v) is 3.01. The molecule has 31 heavy (non-hydrogen) atoms. The van der Waals surface area contributed by atoms with Crippen molar-refractivity contribution < 1.29 is 4.79 Å². The molecule has 0 aliphatic carbocycles. The molecule has 154 valence electrons. The zero-order valence-electron chi connectivity index (χ0n) is 16.4. The molecule has 0 spiro atoms. The predicted molar refractivity (Wildman–Crippen MR) is 112 cm³/mol. The van der Waals surface area contributed by atoms with E-state index < -0.39 is 5.91 Å². The molecular formula is C20H18N10O. The zero-order valence-corrected chi connectivity index (χ0v) is 16.4. The number of benzene rings is 2. The number of azide groups is 1. The molecule has 0 aliphatic heterocycles. The number of carbonyl (C=O) groups is 1. The lowest BCUT2D eigenvalue weighted by Gasteiger charge is -2.15. The molecule has 0 aliphatic rings. The number of anilines is 2. The second-order valence-corrected chi connectivity index (χ2v) is 6.64. The van der Waals surface area contributed by atoms with Crippen LogP contribution in [0.15, 0.2) is 78.2 Å². The van der Waals surface area contributed by atoms with Crippen molar-refractivity contribution in [2.24, 2.45) is 5.11 Å². The summed E-state index contributed by atoms with van der Waals surface area (Å²) < 4.78 is 3.24. The van der Waals surface area contributed by atoms with E-state index in [4.69, 9.17) is 5.53 Å². The Bertz CT molecular complexity index is 1120. The predicted octanol–water partition coefficient (Wildman–Crippen LogP) is 2.94. The summed E-state index contributed by atoms with van der Waals surface area (Å²) in [6, 6.07) is 19.5. The zero-order chi connectivity index (χ0) is 21.5. The van der Waals surface area contributed by atoms with E-state index in [1.807, 2.05) is 60.7 Å². The number of aromatic nitrogens is 6. The maximum Gasteiger partial charge on any atom is 0.240 e. The average molecular weight is 414 g/mol. The van der Waals surface area contributed by atoms with Crippen LogP contribution in [0.4, 0.5) is 11.6 Å². The van der Waals surface area contributed by atoms with Crippen molar-refractivity contribution in [3.05, 3.63) is 94.6 Å². The van der Waals surface area contributed by atoms with Crippen LogP contribution in [0, 0.1) is 0 Å². The molecule has 2 heterocycles. The van der Waals surface area contributed by atoms with Crippen molar-refractivity contribution in [2.75, 3.05) is 11.4 Å². The Morgan fingerprint density at radius 1 is 0.871 bits per heavy atom. The Balaban J connectivity index is 1.59. The van der Waals surface area contributed by atoms with Crippen molar-refractivity contribution in [3.63, 3.8) is 0 Å². The smallest absolute Gasteiger partial charge is 0.240 e. The first-order valence-electron chi connectivity index (χ1n) is 9.45. The molecular weight excluding hydrogens is 396 g/mol. The van der Waals surface area contributed by atoms with E-state index in [0.717, 1.165) is 11.1 Å². The summed E-state index contributed by atoms with van der Waals surface area (Å²) in [5.74, 6) is 0.0398. The van der Waals surface area contributed by atoms with E-state index in [0.29, 0.717) is 13.1 Å². The molecule has 2 aromatic carbocycles. The summed E-state index contributed by atoms with van der Waals surface area (Å²) in [4.78, 5) is 16.7. The third kappa shape index (κ3) is 4.92. The molecule has 0 unspecified atom stereocenters. The summed E-state index contributed by atoms with van der Waals surface area (Å²) in [6.07, 6.45) is 3.27. The van der Waals surface area contributed by atoms with Gasteiger partial charge in [-0.3, -0.25) is 4.79 Å². The minimum atomic E-state index is -0.490. The van der Waals surface area contributed by atoms with E-state index in [1.54, 1.807) is 21.8 Å². The fraction of sp³-hybridized carbons (Fsp3) is 0.150. The fourth-order valence-electron chi connectivity index (χ4n) is 3.01. The lowest BCUT2D eigenvalue weighted by Crippen LogP contribution is -2.28. The topological polar surface area (TPSA) is 130 Å². The van der Waals surface area contributed by atoms with Crippen molar-refractivity contribution in [1.29, 1.82) is 0 Å². The normalized spacial score (nSPS) is 10.5. The standard InChI is InChI=1S/C20H18N10O/c21-25-22-11-20(31)30(18-14-28(26-23-18)12-16-7-3-1-4-8-16)19-15-29(27-24-19)13-17-9-5-2-6-10-17/h1-10,14-15H,11-13H2. The summed E-state index contributed by atoms with van der Waals surface area (Å²) in [6.45, 7) is 0.605. The Morgan fingerprint density at radius 3 is 1.81 bits per heavy atom. The van der Waals surface area contributed by atoms with Gasteiger partial charge in [0.15, 0.2) is 11.6 Å². The van der Waals surface area contributed by atoms with Crippen LogP contribution in [0.25, 0.3) is 10.4 Å². The van der Waals surface area contributed by atoms with E-state index in [2.05, 4.69) is 30.7 Å². The monoisotopic (exact) mass is 414 g/mol. The van der Waals surface area contributed by atoms with Gasteiger partial charge in [0.05, 0.1) is 25.5 Å². The number of hydrogen-bond acceptors (Lipinski definition) is 6. The molecule has 0 fully saturated rings. The van der Waals surface area contributed by atoms with Crippen LogP contribution in [0.2, 0.25) is 0 Å². The highest BCUT2D eigenvalue weighted by Gasteiger charge is 2.23. The molecule has 0 N–H and O–H groups in total. The molecule has 11 nitrogen and oxygen atoms in total. The van der Waals surface area contributed by atoms with Gasteiger partial charge in [-0.15, -0.1) is 10.2 Å². The van der Waals surface area contributed by atoms with Crippen LogP contribution >= 0.6 is 0 Å². The molecule has 0 saturated carbocycles. The second kappa shape index (κ2) is 9.33. The summed E-state index contributed by atoms with van der Waals surface area (Å²) >= 11 is 0. The second-order valence-electron chi connectivity index (χ2n) is 6.64. The summed E-state index contributed by atoms with van der Waals surface area (Å²) in [5, 5.41) is 19.8. The first kappa shape index (κ1) is 19.8. The Hall–Kier alpha value is -4.50. The van der Waals surface area contributed by atoms with Crippen LogP contribution in [0.3, 0.4) is 0 Å². The molecule has 0 bridgehead atoms. The van der Waals surface area contributed by atoms with E-state index in [9.17, 15) is 4.79 Å². The quantitative estimate of drug-likeness (QED) is 0.248. The maximum atomic E-state index is 12.7. The van der Waals surface area contributed by atoms with E-state index in [1.165, 1.54) is 4.90 Å². The van der Waals surface area contributed by atoms with Gasteiger partial charge >= 0.3 is 0 Å². The minimum Gasteiger partial charge on any atom is -0.274 e. The van der Waals surface area contributed by atoms with Crippen LogP contribution in [0.1, 0.15) is 11.1 Å². The van der Waals surface area contributed by atoms with Gasteiger partial charge in [0.2, 0.25) is 5.91 Å². The minimum absolute atomic E-state index is 0.265. The molecule has 11 heteroatoms. The molecule has 0 atom stereocenters. The molecule has 4 rings (SSSR count). The number of amides is 1. The van der Waals surface area contributed by atoms with Crippen molar-refractivity contribution in [2.45, 2.75) is 13.1 Å². The van der Waals surface area contributed by atoms with Gasteiger partial charge in [0.1, 0.15) is 6.54 Å². The van der Waals surface area contributed by atoms with Crippen LogP contribution in [-0.2, 0) is 17.9 Å². The Labute approximate surface area is 177 Å². The maximum absolute atomic E-state index is 12.7. The van der Waals surface area contributed by atoms with Crippen molar-refractivity contribution >= 4 is 17.5 Å². The summed E-state index contributed by atoms with van der Waals surface area (Å²) in [5.41, 5.74) is 10.7. The largest absolute Gasteiger partial charge is 0.274 e. The third-order valence-corrected chi connectivity index (χ3v) is 4.40. The van der Waals surface area contributed by atoms with Gasteiger partial charge in [0, 0.05) is 4.91 Å². The van der Waals surface area contributed by atoms with Gasteiger partial charge in [-0.1, -0.05) is 76.2 Å². The number of rotatable bonds is 8. The van der Waals surface area contributed by atoms with Gasteiger partial charge in [0.25, 0.3) is 0 Å². The Morgan fingerprint density at radius 2 is 1.35 bits per heavy atom. The van der Waals surface area contributed by atoms with Gasteiger partial charge in [-0.05, 0) is 16.7 Å². The molecule has 4 aromatic rings. The first-order chi connectivity index (χ1) is 15.2. The van der Waals surface area contributed by atoms with Gasteiger partial charge in [-0.25, -0.2) is 14.3 Å². The van der Waals surface area contributed by atoms with E-state index in [-0.39, 0.29) is 18.2 Å². The van der Waals surface area contributed by atoms with Crippen LogP contribution in [0.5, 0.6) is 0 Å². The Kier molecular flexibility index (Phi) is 5.96. The first-order valence-corrected chi connectivity index (χ1v) is 9.45. The van der Waals surface area contributed by atoms with E-state index >= 15 is 0 Å². The molecule has 0 saturated heterocycles. The number of hydrogen-bond donors (Lipinski definition) is 0. The highest BCUT2D eigenvalue weighted by molar-refractivity contribution is 5.99. The highest BCUT2D eigenvalue weighted by atomic mass is 16.2. The third-order valence-electron chi connectivity index (χ3n) is 4.40. The van der Waals surface area contributed by atoms with Gasteiger partial charge < -0.3 is 0 Å². The van der Waals surface area contributed by atoms with Gasteiger partial charge in [-0.2, -0.15) is 0 Å². The molecule has 2 aromatic heterocycles.